The van der Waals surface area contributed by atoms with Crippen molar-refractivity contribution >= 4 is 5.91 Å². The van der Waals surface area contributed by atoms with E-state index in [1.54, 1.807) is 12.4 Å². The summed E-state index contributed by atoms with van der Waals surface area (Å²) in [4.78, 5) is 23.6. The van der Waals surface area contributed by atoms with Crippen LogP contribution in [0.15, 0.2) is 42.7 Å². The van der Waals surface area contributed by atoms with Crippen LogP contribution in [0.5, 0.6) is 0 Å². The van der Waals surface area contributed by atoms with Crippen molar-refractivity contribution in [1.29, 1.82) is 0 Å². The van der Waals surface area contributed by atoms with Gasteiger partial charge in [0.25, 0.3) is 5.91 Å². The Balaban J connectivity index is 1.57. The van der Waals surface area contributed by atoms with E-state index >= 15 is 0 Å². The number of hydrogen-bond donors (Lipinski definition) is 1. The molecule has 5 heteroatoms. The van der Waals surface area contributed by atoms with Crippen LogP contribution in [-0.4, -0.2) is 40.4 Å². The number of nitrogens with one attached hydrogen (secondary N) is 1. The van der Waals surface area contributed by atoms with E-state index < -0.39 is 0 Å². The molecule has 5 nitrogen and oxygen atoms in total. The Morgan fingerprint density at radius 3 is 2.57 bits per heavy atom. The van der Waals surface area contributed by atoms with Gasteiger partial charge in [-0.1, -0.05) is 30.3 Å². The predicted octanol–water partition coefficient (Wildman–Crippen LogP) is 2.14. The summed E-state index contributed by atoms with van der Waals surface area (Å²) in [5, 5.41) is 3.38. The lowest BCUT2D eigenvalue weighted by Gasteiger charge is -2.36. The van der Waals surface area contributed by atoms with E-state index in [1.165, 1.54) is 12.8 Å². The van der Waals surface area contributed by atoms with E-state index in [0.29, 0.717) is 18.0 Å². The second-order valence-corrected chi connectivity index (χ2v) is 6.23. The minimum absolute atomic E-state index is 0.0164. The highest BCUT2D eigenvalue weighted by molar-refractivity contribution is 5.94. The molecule has 23 heavy (non-hydrogen) atoms. The van der Waals surface area contributed by atoms with Crippen LogP contribution in [0.25, 0.3) is 0 Å². The van der Waals surface area contributed by atoms with E-state index in [2.05, 4.69) is 27.4 Å². The monoisotopic (exact) mass is 308 g/mol. The molecule has 1 saturated carbocycles. The molecule has 1 amide bonds. The zero-order valence-corrected chi connectivity index (χ0v) is 13.0. The van der Waals surface area contributed by atoms with Gasteiger partial charge in [0.2, 0.25) is 0 Å². The van der Waals surface area contributed by atoms with Crippen LogP contribution >= 0.6 is 0 Å². The number of benzene rings is 1. The van der Waals surface area contributed by atoms with E-state index in [1.807, 2.05) is 23.1 Å². The third-order valence-electron chi connectivity index (χ3n) is 4.55. The van der Waals surface area contributed by atoms with Crippen LogP contribution in [0.1, 0.15) is 46.5 Å². The predicted molar refractivity (Wildman–Crippen MR) is 87.1 cm³/mol. The van der Waals surface area contributed by atoms with Crippen LogP contribution in [0.2, 0.25) is 0 Å². The third-order valence-corrected chi connectivity index (χ3v) is 4.55. The lowest BCUT2D eigenvalue weighted by Crippen LogP contribution is -2.48. The molecule has 1 aromatic heterocycles. The molecule has 1 saturated heterocycles. The Bertz CT molecular complexity index is 682. The fourth-order valence-corrected chi connectivity index (χ4v) is 3.09. The Morgan fingerprint density at radius 2 is 1.87 bits per heavy atom. The molecular formula is C18H20N4O. The SMILES string of the molecule is O=C(c1cnc(C2CC2)nc1)N1CCNC[C@@H]1c1ccccc1. The van der Waals surface area contributed by atoms with Gasteiger partial charge in [0, 0.05) is 37.9 Å². The van der Waals surface area contributed by atoms with Gasteiger partial charge in [-0.05, 0) is 18.4 Å². The van der Waals surface area contributed by atoms with Crippen molar-refractivity contribution in [3.63, 3.8) is 0 Å². The summed E-state index contributed by atoms with van der Waals surface area (Å²) in [5.74, 6) is 1.40. The number of nitrogens with zero attached hydrogens (tertiary/aromatic N) is 3. The number of hydrogen-bond acceptors (Lipinski definition) is 4. The maximum atomic E-state index is 12.9. The Hall–Kier alpha value is -2.27. The normalized spacial score (nSPS) is 21.2. The van der Waals surface area contributed by atoms with Gasteiger partial charge in [0.15, 0.2) is 0 Å². The summed E-state index contributed by atoms with van der Waals surface area (Å²) in [7, 11) is 0. The second kappa shape index (κ2) is 6.08. The molecule has 0 spiro atoms. The van der Waals surface area contributed by atoms with E-state index in [0.717, 1.165) is 24.5 Å². The zero-order chi connectivity index (χ0) is 15.6. The van der Waals surface area contributed by atoms with Gasteiger partial charge in [-0.2, -0.15) is 0 Å². The van der Waals surface area contributed by atoms with E-state index in [4.69, 9.17) is 0 Å². The van der Waals surface area contributed by atoms with E-state index in [-0.39, 0.29) is 11.9 Å². The van der Waals surface area contributed by atoms with Crippen LogP contribution < -0.4 is 5.32 Å². The fourth-order valence-electron chi connectivity index (χ4n) is 3.09. The largest absolute Gasteiger partial charge is 0.329 e. The highest BCUT2D eigenvalue weighted by Gasteiger charge is 2.30. The molecule has 2 heterocycles. The Morgan fingerprint density at radius 1 is 1.13 bits per heavy atom. The molecule has 1 atom stereocenters. The van der Waals surface area contributed by atoms with Crippen molar-refractivity contribution in [1.82, 2.24) is 20.2 Å². The van der Waals surface area contributed by atoms with Gasteiger partial charge >= 0.3 is 0 Å². The highest BCUT2D eigenvalue weighted by atomic mass is 16.2. The van der Waals surface area contributed by atoms with Crippen LogP contribution in [-0.2, 0) is 0 Å². The molecule has 2 aromatic rings. The van der Waals surface area contributed by atoms with Gasteiger partial charge in [0.1, 0.15) is 5.82 Å². The van der Waals surface area contributed by atoms with Crippen molar-refractivity contribution in [2.75, 3.05) is 19.6 Å². The summed E-state index contributed by atoms with van der Waals surface area (Å²) < 4.78 is 0. The van der Waals surface area contributed by atoms with Gasteiger partial charge in [-0.3, -0.25) is 4.79 Å². The van der Waals surface area contributed by atoms with Gasteiger partial charge < -0.3 is 10.2 Å². The number of aromatic nitrogens is 2. The number of carbonyl (C=O) groups excluding carboxylic acids is 1. The molecular weight excluding hydrogens is 288 g/mol. The van der Waals surface area contributed by atoms with E-state index in [9.17, 15) is 4.79 Å². The van der Waals surface area contributed by atoms with Gasteiger partial charge in [-0.15, -0.1) is 0 Å². The van der Waals surface area contributed by atoms with Crippen LogP contribution in [0.3, 0.4) is 0 Å². The average Bonchev–Trinajstić information content (AvgIpc) is 3.47. The average molecular weight is 308 g/mol. The van der Waals surface area contributed by atoms with Crippen molar-refractivity contribution in [3.05, 3.63) is 59.7 Å². The third kappa shape index (κ3) is 2.97. The molecule has 0 unspecified atom stereocenters. The molecule has 2 fully saturated rings. The summed E-state index contributed by atoms with van der Waals surface area (Å²) in [6.45, 7) is 2.29. The first kappa shape index (κ1) is 14.3. The van der Waals surface area contributed by atoms with Crippen LogP contribution in [0, 0.1) is 0 Å². The van der Waals surface area contributed by atoms with Gasteiger partial charge in [-0.25, -0.2) is 9.97 Å². The second-order valence-electron chi connectivity index (χ2n) is 6.23. The summed E-state index contributed by atoms with van der Waals surface area (Å²) in [6, 6.07) is 10.2. The molecule has 1 aliphatic carbocycles. The minimum Gasteiger partial charge on any atom is -0.329 e. The summed E-state index contributed by atoms with van der Waals surface area (Å²) >= 11 is 0. The molecule has 0 bridgehead atoms. The molecule has 118 valence electrons. The first-order valence-electron chi connectivity index (χ1n) is 8.21. The topological polar surface area (TPSA) is 58.1 Å². The molecule has 1 aromatic carbocycles. The maximum Gasteiger partial charge on any atom is 0.257 e. The molecule has 1 aliphatic heterocycles. The first-order chi connectivity index (χ1) is 11.3. The van der Waals surface area contributed by atoms with Crippen molar-refractivity contribution < 1.29 is 4.79 Å². The summed E-state index contributed by atoms with van der Waals surface area (Å²) in [6.07, 6.45) is 5.71. The lowest BCUT2D eigenvalue weighted by molar-refractivity contribution is 0.0633. The molecule has 2 aliphatic rings. The molecule has 0 radical (unpaired) electrons. The number of rotatable bonds is 3. The zero-order valence-electron chi connectivity index (χ0n) is 13.0. The number of carbonyl (C=O) groups is 1. The first-order valence-corrected chi connectivity index (χ1v) is 8.21. The highest BCUT2D eigenvalue weighted by Crippen LogP contribution is 2.37. The number of amides is 1. The molecule has 1 N–H and O–H groups in total. The number of piperazine rings is 1. The quantitative estimate of drug-likeness (QED) is 0.944. The Labute approximate surface area is 135 Å². The maximum absolute atomic E-state index is 12.9. The molecule has 4 rings (SSSR count). The van der Waals surface area contributed by atoms with Crippen LogP contribution in [0.4, 0.5) is 0 Å². The minimum atomic E-state index is 0.0164. The fraction of sp³-hybridized carbons (Fsp3) is 0.389. The van der Waals surface area contributed by atoms with Crippen molar-refractivity contribution in [2.24, 2.45) is 0 Å². The van der Waals surface area contributed by atoms with Crippen molar-refractivity contribution in [2.45, 2.75) is 24.8 Å². The lowest BCUT2D eigenvalue weighted by atomic mass is 10.0. The van der Waals surface area contributed by atoms with Crippen molar-refractivity contribution in [3.8, 4) is 0 Å². The summed E-state index contributed by atoms with van der Waals surface area (Å²) in [5.41, 5.74) is 1.74. The Kier molecular flexibility index (Phi) is 3.79. The van der Waals surface area contributed by atoms with Gasteiger partial charge in [0.05, 0.1) is 11.6 Å². The smallest absolute Gasteiger partial charge is 0.257 e. The standard InChI is InChI=1S/C18H20N4O/c23-18(15-10-20-17(21-11-15)14-6-7-14)22-9-8-19-12-16(22)13-4-2-1-3-5-13/h1-5,10-11,14,16,19H,6-9,12H2/t16-/m1/s1.